The van der Waals surface area contributed by atoms with Crippen molar-refractivity contribution in [3.05, 3.63) is 47.5 Å². The number of rotatable bonds is 26. The van der Waals surface area contributed by atoms with Gasteiger partial charge in [-0.1, -0.05) is 38.5 Å². The fourth-order valence-corrected chi connectivity index (χ4v) is 7.19. The maximum atomic E-state index is 14.3. The van der Waals surface area contributed by atoms with E-state index in [1.807, 2.05) is 0 Å². The molecule has 13 heteroatoms. The maximum absolute atomic E-state index is 14.3. The summed E-state index contributed by atoms with van der Waals surface area (Å²) in [5.74, 6) is -5.02. The molecule has 2 fully saturated rings. The van der Waals surface area contributed by atoms with Crippen molar-refractivity contribution in [2.75, 3.05) is 46.2 Å². The van der Waals surface area contributed by atoms with Gasteiger partial charge in [-0.05, 0) is 120 Å². The third kappa shape index (κ3) is 16.2. The smallest absolute Gasteiger partial charge is 0.505 e. The van der Waals surface area contributed by atoms with Gasteiger partial charge in [-0.15, -0.1) is 0 Å². The van der Waals surface area contributed by atoms with E-state index < -0.39 is 35.2 Å². The molecule has 0 atom stereocenters. The third-order valence-corrected chi connectivity index (χ3v) is 10.6. The van der Waals surface area contributed by atoms with Crippen LogP contribution in [0.5, 0.6) is 23.0 Å². The fraction of sp³-hybridized carbons (Fsp3) is 0.698. The Labute approximate surface area is 329 Å². The summed E-state index contributed by atoms with van der Waals surface area (Å²) in [6.07, 6.45) is 16.9. The quantitative estimate of drug-likeness (QED) is 0.0566. The Balaban J connectivity index is 0.863. The minimum atomic E-state index is -1.29. The van der Waals surface area contributed by atoms with Crippen molar-refractivity contribution in [3.8, 4) is 23.0 Å². The lowest BCUT2D eigenvalue weighted by atomic mass is 9.88. The Bertz CT molecular complexity index is 1410. The van der Waals surface area contributed by atoms with Crippen LogP contribution < -0.4 is 14.2 Å². The fourth-order valence-electron chi connectivity index (χ4n) is 7.19. The number of phenols is 1. The Morgan fingerprint density at radius 3 is 1.36 bits per heavy atom. The number of aromatic hydroxyl groups is 1. The summed E-state index contributed by atoms with van der Waals surface area (Å²) in [6, 6.07) is 5.15. The van der Waals surface area contributed by atoms with Crippen LogP contribution in [0.25, 0.3) is 0 Å². The van der Waals surface area contributed by atoms with Crippen molar-refractivity contribution in [1.82, 2.24) is 0 Å². The highest BCUT2D eigenvalue weighted by Gasteiger charge is 2.25. The summed E-state index contributed by atoms with van der Waals surface area (Å²) in [6.45, 7) is 4.79. The highest BCUT2D eigenvalue weighted by Crippen LogP contribution is 2.32. The first kappa shape index (κ1) is 45.3. The summed E-state index contributed by atoms with van der Waals surface area (Å²) in [5.41, 5.74) is 0. The number of hydrogen-bond donors (Lipinski definition) is 1. The summed E-state index contributed by atoms with van der Waals surface area (Å²) in [7, 11) is 0. The molecule has 2 aromatic carbocycles. The lowest BCUT2D eigenvalue weighted by molar-refractivity contribution is 0.0107. The number of carbonyl (C=O) groups is 1. The number of halogens is 4. The van der Waals surface area contributed by atoms with Gasteiger partial charge < -0.3 is 38.3 Å². The van der Waals surface area contributed by atoms with E-state index in [0.29, 0.717) is 33.0 Å². The average molecular weight is 799 g/mol. The van der Waals surface area contributed by atoms with Gasteiger partial charge in [0.2, 0.25) is 23.3 Å². The Hall–Kier alpha value is -3.45. The molecule has 0 spiro atoms. The van der Waals surface area contributed by atoms with Crippen LogP contribution in [0, 0.1) is 35.1 Å². The Kier molecular flexibility index (Phi) is 20.8. The van der Waals surface area contributed by atoms with E-state index in [0.717, 1.165) is 128 Å². The van der Waals surface area contributed by atoms with Crippen LogP contribution in [0.2, 0.25) is 0 Å². The van der Waals surface area contributed by atoms with Gasteiger partial charge in [0, 0.05) is 13.2 Å². The summed E-state index contributed by atoms with van der Waals surface area (Å²) in [5, 5.41) is 9.24. The SMILES string of the molecule is CCOc1ccc(OCC2CCC(OCCCCCCCOC(=O)OCCCCCCCOC3CCC(COc4ccc(O)c(F)c4F)CC3)CC2)c(F)c1F. The molecule has 2 aliphatic rings. The molecule has 56 heavy (non-hydrogen) atoms. The molecule has 0 aliphatic heterocycles. The first-order valence-corrected chi connectivity index (χ1v) is 20.8. The van der Waals surface area contributed by atoms with Crippen LogP contribution in [0.3, 0.4) is 0 Å². The zero-order chi connectivity index (χ0) is 40.0. The van der Waals surface area contributed by atoms with Gasteiger partial charge >= 0.3 is 6.16 Å². The molecule has 0 saturated heterocycles. The Morgan fingerprint density at radius 2 is 0.911 bits per heavy atom. The van der Waals surface area contributed by atoms with E-state index >= 15 is 0 Å². The molecule has 9 nitrogen and oxygen atoms in total. The van der Waals surface area contributed by atoms with Gasteiger partial charge in [-0.25, -0.2) is 4.79 Å². The number of hydrogen-bond acceptors (Lipinski definition) is 9. The lowest BCUT2D eigenvalue weighted by Crippen LogP contribution is -2.25. The number of carbonyl (C=O) groups excluding carboxylic acids is 1. The van der Waals surface area contributed by atoms with Crippen molar-refractivity contribution >= 4 is 6.16 Å². The van der Waals surface area contributed by atoms with E-state index in [1.54, 1.807) is 6.92 Å². The van der Waals surface area contributed by atoms with Crippen molar-refractivity contribution in [3.63, 3.8) is 0 Å². The monoisotopic (exact) mass is 798 g/mol. The molecule has 316 valence electrons. The van der Waals surface area contributed by atoms with Crippen LogP contribution in [-0.4, -0.2) is 69.7 Å². The molecule has 4 rings (SSSR count). The zero-order valence-corrected chi connectivity index (χ0v) is 33.0. The van der Waals surface area contributed by atoms with Crippen molar-refractivity contribution in [2.24, 2.45) is 11.8 Å². The third-order valence-electron chi connectivity index (χ3n) is 10.6. The van der Waals surface area contributed by atoms with E-state index in [2.05, 4.69) is 0 Å². The second-order valence-corrected chi connectivity index (χ2v) is 15.0. The number of unbranched alkanes of at least 4 members (excludes halogenated alkanes) is 8. The summed E-state index contributed by atoms with van der Waals surface area (Å²) < 4.78 is 94.4. The van der Waals surface area contributed by atoms with Gasteiger partial charge in [0.05, 0.1) is 45.2 Å². The molecular weight excluding hydrogens is 736 g/mol. The second kappa shape index (κ2) is 25.7. The minimum absolute atomic E-state index is 0.0814. The van der Waals surface area contributed by atoms with Gasteiger partial charge in [0.15, 0.2) is 23.0 Å². The second-order valence-electron chi connectivity index (χ2n) is 15.0. The number of phenolic OH excluding ortho intramolecular Hbond substituents is 1. The molecule has 2 aromatic rings. The predicted molar refractivity (Wildman–Crippen MR) is 203 cm³/mol. The molecule has 0 aromatic heterocycles. The highest BCUT2D eigenvalue weighted by molar-refractivity contribution is 5.59. The van der Waals surface area contributed by atoms with E-state index in [4.69, 9.17) is 33.2 Å². The number of benzene rings is 2. The normalized spacial score (nSPS) is 19.7. The topological polar surface area (TPSA) is 102 Å². The molecule has 1 N–H and O–H groups in total. The predicted octanol–water partition coefficient (Wildman–Crippen LogP) is 11.0. The van der Waals surface area contributed by atoms with E-state index in [9.17, 15) is 27.5 Å². The molecule has 0 heterocycles. The molecule has 0 unspecified atom stereocenters. The first-order chi connectivity index (χ1) is 27.2. The maximum Gasteiger partial charge on any atom is 0.508 e. The molecule has 0 amide bonds. The van der Waals surface area contributed by atoms with Crippen molar-refractivity contribution in [1.29, 1.82) is 0 Å². The first-order valence-electron chi connectivity index (χ1n) is 20.8. The molecule has 0 radical (unpaired) electrons. The van der Waals surface area contributed by atoms with Gasteiger partial charge in [0.25, 0.3) is 0 Å². The standard InChI is InChI=1S/C43H62F4O9/c1-2-50-36-23-24-38(42(47)41(36)46)56-30-32-15-19-34(20-16-32)52-26-10-6-4-8-12-28-54-43(49)53-27-11-7-3-5-9-25-51-33-17-13-31(14-18-33)29-55-37-22-21-35(48)39(44)40(37)45/h21-24,31-34,48H,2-20,25-30H2,1H3. The van der Waals surface area contributed by atoms with Crippen molar-refractivity contribution < 1.29 is 60.6 Å². The van der Waals surface area contributed by atoms with Crippen LogP contribution >= 0.6 is 0 Å². The van der Waals surface area contributed by atoms with Gasteiger partial charge in [-0.2, -0.15) is 17.6 Å². The van der Waals surface area contributed by atoms with Gasteiger partial charge in [0.1, 0.15) is 0 Å². The molecular formula is C43H62F4O9. The zero-order valence-electron chi connectivity index (χ0n) is 33.0. The van der Waals surface area contributed by atoms with Gasteiger partial charge in [-0.3, -0.25) is 0 Å². The van der Waals surface area contributed by atoms with Crippen LogP contribution in [0.1, 0.15) is 122 Å². The van der Waals surface area contributed by atoms with E-state index in [1.165, 1.54) is 18.2 Å². The minimum Gasteiger partial charge on any atom is -0.505 e. The summed E-state index contributed by atoms with van der Waals surface area (Å²) >= 11 is 0. The van der Waals surface area contributed by atoms with Crippen LogP contribution in [0.15, 0.2) is 24.3 Å². The summed E-state index contributed by atoms with van der Waals surface area (Å²) in [4.78, 5) is 11.9. The van der Waals surface area contributed by atoms with E-state index in [-0.39, 0.29) is 47.9 Å². The molecule has 2 saturated carbocycles. The Morgan fingerprint density at radius 1 is 0.536 bits per heavy atom. The van der Waals surface area contributed by atoms with Crippen LogP contribution in [-0.2, 0) is 18.9 Å². The van der Waals surface area contributed by atoms with Crippen LogP contribution in [0.4, 0.5) is 22.4 Å². The highest BCUT2D eigenvalue weighted by atomic mass is 19.2. The average Bonchev–Trinajstić information content (AvgIpc) is 3.21. The lowest BCUT2D eigenvalue weighted by Gasteiger charge is -2.28. The number of ether oxygens (including phenoxy) is 7. The molecule has 2 aliphatic carbocycles. The van der Waals surface area contributed by atoms with Crippen molar-refractivity contribution in [2.45, 2.75) is 135 Å². The largest absolute Gasteiger partial charge is 0.508 e. The molecule has 0 bridgehead atoms.